The number of aromatic nitrogens is 1. The summed E-state index contributed by atoms with van der Waals surface area (Å²) >= 11 is 2.29. The van der Waals surface area contributed by atoms with Crippen LogP contribution in [0.15, 0.2) is 18.3 Å². The van der Waals surface area contributed by atoms with Crippen molar-refractivity contribution >= 4 is 28.4 Å². The van der Waals surface area contributed by atoms with E-state index in [-0.39, 0.29) is 0 Å². The second kappa shape index (κ2) is 3.80. The number of piperazine rings is 1. The molecule has 0 N–H and O–H groups in total. The number of halogens is 1. The van der Waals surface area contributed by atoms with Crippen molar-refractivity contribution < 1.29 is 4.74 Å². The zero-order valence-electron chi connectivity index (χ0n) is 9.42. The van der Waals surface area contributed by atoms with Crippen molar-refractivity contribution in [3.8, 4) is 0 Å². The lowest BCUT2D eigenvalue weighted by Crippen LogP contribution is -2.82. The molecule has 1 aromatic rings. The van der Waals surface area contributed by atoms with Gasteiger partial charge in [-0.05, 0) is 34.7 Å². The fourth-order valence-corrected chi connectivity index (χ4v) is 3.24. The molecule has 4 heterocycles. The van der Waals surface area contributed by atoms with Gasteiger partial charge in [-0.25, -0.2) is 4.98 Å². The number of hydrogen-bond acceptors (Lipinski definition) is 4. The van der Waals surface area contributed by atoms with Crippen LogP contribution in [0, 0.1) is 3.57 Å². The molecule has 3 aliphatic rings. The van der Waals surface area contributed by atoms with Crippen molar-refractivity contribution in [1.82, 2.24) is 9.88 Å². The molecule has 0 radical (unpaired) electrons. The summed E-state index contributed by atoms with van der Waals surface area (Å²) < 4.78 is 6.45. The predicted octanol–water partition coefficient (Wildman–Crippen LogP) is 0.958. The van der Waals surface area contributed by atoms with Crippen LogP contribution in [0.4, 0.5) is 5.82 Å². The molecule has 5 heteroatoms. The van der Waals surface area contributed by atoms with Gasteiger partial charge in [0.25, 0.3) is 0 Å². The lowest BCUT2D eigenvalue weighted by atomic mass is 9.83. The largest absolute Gasteiger partial charge is 0.378 e. The lowest BCUT2D eigenvalue weighted by molar-refractivity contribution is -0.132. The van der Waals surface area contributed by atoms with Crippen molar-refractivity contribution in [3.05, 3.63) is 21.9 Å². The van der Waals surface area contributed by atoms with Crippen LogP contribution in [0.5, 0.6) is 0 Å². The first-order valence-electron chi connectivity index (χ1n) is 6.04. The smallest absolute Gasteiger partial charge is 0.128 e. The molecule has 90 valence electrons. The molecule has 0 amide bonds. The van der Waals surface area contributed by atoms with E-state index in [2.05, 4.69) is 49.5 Å². The average molecular weight is 343 g/mol. The van der Waals surface area contributed by atoms with E-state index in [0.29, 0.717) is 12.1 Å². The van der Waals surface area contributed by atoms with Crippen molar-refractivity contribution in [2.75, 3.05) is 31.2 Å². The molecule has 0 spiro atoms. The highest BCUT2D eigenvalue weighted by molar-refractivity contribution is 14.1. The molecule has 0 aromatic carbocycles. The highest BCUT2D eigenvalue weighted by atomic mass is 127. The Labute approximate surface area is 114 Å². The number of nitrogens with zero attached hydrogens (tertiary/aromatic N) is 3. The summed E-state index contributed by atoms with van der Waals surface area (Å²) in [6.45, 7) is 4.19. The number of rotatable bonds is 2. The lowest BCUT2D eigenvalue weighted by Gasteiger charge is -2.65. The summed E-state index contributed by atoms with van der Waals surface area (Å²) in [5, 5.41) is 0. The zero-order chi connectivity index (χ0) is 11.4. The van der Waals surface area contributed by atoms with Gasteiger partial charge < -0.3 is 9.64 Å². The topological polar surface area (TPSA) is 28.6 Å². The molecule has 4 nitrogen and oxygen atoms in total. The molecule has 17 heavy (non-hydrogen) atoms. The van der Waals surface area contributed by atoms with Crippen LogP contribution < -0.4 is 4.90 Å². The summed E-state index contributed by atoms with van der Waals surface area (Å²) in [6.07, 6.45) is 1.94. The van der Waals surface area contributed by atoms with Crippen LogP contribution in [-0.2, 0) is 4.74 Å². The van der Waals surface area contributed by atoms with Gasteiger partial charge in [0.05, 0.1) is 25.3 Å². The second-order valence-corrected chi connectivity index (χ2v) is 6.26. The summed E-state index contributed by atoms with van der Waals surface area (Å²) in [7, 11) is 0. The summed E-state index contributed by atoms with van der Waals surface area (Å²) in [5.74, 6) is 1.14. The minimum Gasteiger partial charge on any atom is -0.378 e. The van der Waals surface area contributed by atoms with Gasteiger partial charge in [0, 0.05) is 28.9 Å². The van der Waals surface area contributed by atoms with Crippen molar-refractivity contribution in [1.29, 1.82) is 0 Å². The Bertz CT molecular complexity index is 434. The first-order valence-corrected chi connectivity index (χ1v) is 7.12. The van der Waals surface area contributed by atoms with Crippen molar-refractivity contribution in [2.24, 2.45) is 0 Å². The van der Waals surface area contributed by atoms with Gasteiger partial charge in [0.1, 0.15) is 5.82 Å². The van der Waals surface area contributed by atoms with Gasteiger partial charge >= 0.3 is 0 Å². The van der Waals surface area contributed by atoms with E-state index < -0.39 is 0 Å². The number of fused-ring (bicyclic) bond motifs is 1. The fraction of sp³-hybridized carbons (Fsp3) is 0.583. The van der Waals surface area contributed by atoms with Crippen LogP contribution in [0.25, 0.3) is 0 Å². The number of hydrogen-bond donors (Lipinski definition) is 0. The molecule has 3 fully saturated rings. The summed E-state index contributed by atoms with van der Waals surface area (Å²) in [6, 6.07) is 6.41. The molecule has 4 rings (SSSR count). The normalized spacial score (nSPS) is 32.4. The maximum atomic E-state index is 5.26. The Kier molecular flexibility index (Phi) is 2.35. The Morgan fingerprint density at radius 1 is 1.24 bits per heavy atom. The first kappa shape index (κ1) is 10.5. The van der Waals surface area contributed by atoms with Crippen LogP contribution in [0.1, 0.15) is 0 Å². The molecule has 0 saturated carbocycles. The van der Waals surface area contributed by atoms with E-state index in [1.165, 1.54) is 10.1 Å². The summed E-state index contributed by atoms with van der Waals surface area (Å²) in [4.78, 5) is 9.52. The standard InChI is InChI=1S/C12H14IN3O/c13-8-1-2-12(14-3-8)16-5-10-11(16)4-15(10)9-6-17-7-9/h1-3,9-11H,4-7H2/t10-,11?/m0/s1. The quantitative estimate of drug-likeness (QED) is 0.748. The van der Waals surface area contributed by atoms with E-state index in [1.54, 1.807) is 0 Å². The van der Waals surface area contributed by atoms with Gasteiger partial charge in [-0.15, -0.1) is 0 Å². The van der Waals surface area contributed by atoms with Gasteiger partial charge in [-0.2, -0.15) is 0 Å². The predicted molar refractivity (Wildman–Crippen MR) is 73.2 cm³/mol. The minimum atomic E-state index is 0.697. The summed E-state index contributed by atoms with van der Waals surface area (Å²) in [5.41, 5.74) is 0. The minimum absolute atomic E-state index is 0.697. The number of ether oxygens (including phenoxy) is 1. The van der Waals surface area contributed by atoms with Gasteiger partial charge in [-0.1, -0.05) is 0 Å². The maximum absolute atomic E-state index is 5.26. The Hall–Kier alpha value is -0.400. The second-order valence-electron chi connectivity index (χ2n) is 5.01. The zero-order valence-corrected chi connectivity index (χ0v) is 11.6. The molecule has 3 aliphatic heterocycles. The molecule has 1 aromatic heterocycles. The highest BCUT2D eigenvalue weighted by Gasteiger charge is 2.54. The van der Waals surface area contributed by atoms with Crippen LogP contribution in [0.2, 0.25) is 0 Å². The molecule has 1 unspecified atom stereocenters. The van der Waals surface area contributed by atoms with Gasteiger partial charge in [-0.3, -0.25) is 4.90 Å². The van der Waals surface area contributed by atoms with Gasteiger partial charge in [0.15, 0.2) is 0 Å². The van der Waals surface area contributed by atoms with E-state index in [0.717, 1.165) is 31.6 Å². The van der Waals surface area contributed by atoms with E-state index in [9.17, 15) is 0 Å². The van der Waals surface area contributed by atoms with E-state index in [4.69, 9.17) is 4.74 Å². The van der Waals surface area contributed by atoms with Gasteiger partial charge in [0.2, 0.25) is 0 Å². The average Bonchev–Trinajstić information content (AvgIpc) is 2.24. The third-order valence-corrected chi connectivity index (χ3v) is 4.79. The Morgan fingerprint density at radius 3 is 2.65 bits per heavy atom. The maximum Gasteiger partial charge on any atom is 0.128 e. The monoisotopic (exact) mass is 343 g/mol. The van der Waals surface area contributed by atoms with Crippen LogP contribution >= 0.6 is 22.6 Å². The van der Waals surface area contributed by atoms with Crippen LogP contribution in [-0.4, -0.2) is 54.3 Å². The number of anilines is 1. The number of pyridine rings is 1. The molecular weight excluding hydrogens is 329 g/mol. The molecule has 0 bridgehead atoms. The van der Waals surface area contributed by atoms with Crippen LogP contribution in [0.3, 0.4) is 0 Å². The molecular formula is C12H14IN3O. The highest BCUT2D eigenvalue weighted by Crippen LogP contribution is 2.38. The van der Waals surface area contributed by atoms with Crippen molar-refractivity contribution in [3.63, 3.8) is 0 Å². The van der Waals surface area contributed by atoms with Crippen molar-refractivity contribution in [2.45, 2.75) is 18.1 Å². The van der Waals surface area contributed by atoms with E-state index >= 15 is 0 Å². The molecule has 3 saturated heterocycles. The first-order chi connectivity index (χ1) is 8.33. The fourth-order valence-electron chi connectivity index (χ4n) is 2.92. The van der Waals surface area contributed by atoms with E-state index in [1.807, 2.05) is 6.20 Å². The SMILES string of the molecule is Ic1ccc(N2C[C@H]3C2CN3C2COC2)nc1. The Morgan fingerprint density at radius 2 is 2.12 bits per heavy atom. The third-order valence-electron chi connectivity index (χ3n) is 4.15. The molecule has 2 atom stereocenters. The third kappa shape index (κ3) is 1.52. The molecule has 0 aliphatic carbocycles. The Balaban J connectivity index is 1.42. The number of likely N-dealkylation sites (tertiary alicyclic amines) is 1.